The summed E-state index contributed by atoms with van der Waals surface area (Å²) >= 11 is 1.50. The Kier molecular flexibility index (Phi) is 5.08. The molecule has 25 heavy (non-hydrogen) atoms. The number of hydrogen-bond donors (Lipinski definition) is 3. The second-order valence-corrected chi connectivity index (χ2v) is 8.80. The number of aliphatic hydroxyl groups excluding tert-OH is 2. The highest BCUT2D eigenvalue weighted by Crippen LogP contribution is 2.43. The third-order valence-electron chi connectivity index (χ3n) is 5.91. The van der Waals surface area contributed by atoms with Gasteiger partial charge in [-0.1, -0.05) is 11.3 Å². The quantitative estimate of drug-likeness (QED) is 0.764. The molecule has 138 valence electrons. The number of aromatic nitrogens is 1. The van der Waals surface area contributed by atoms with Crippen molar-refractivity contribution in [3.05, 3.63) is 11.1 Å². The highest BCUT2D eigenvalue weighted by Gasteiger charge is 2.43. The second kappa shape index (κ2) is 7.31. The van der Waals surface area contributed by atoms with Crippen molar-refractivity contribution in [2.45, 2.75) is 63.3 Å². The van der Waals surface area contributed by atoms with Crippen molar-refractivity contribution in [3.8, 4) is 0 Å². The summed E-state index contributed by atoms with van der Waals surface area (Å²) in [5.74, 6) is 0.240. The number of aliphatic hydroxyl groups is 2. The number of carbonyl (C=O) groups is 1. The van der Waals surface area contributed by atoms with Gasteiger partial charge < -0.3 is 20.3 Å². The van der Waals surface area contributed by atoms with Crippen LogP contribution in [0, 0.1) is 17.8 Å². The lowest BCUT2D eigenvalue weighted by atomic mass is 9.65. The Balaban J connectivity index is 1.37. The zero-order chi connectivity index (χ0) is 17.4. The van der Waals surface area contributed by atoms with Crippen LogP contribution in [-0.4, -0.2) is 39.9 Å². The van der Waals surface area contributed by atoms with Gasteiger partial charge in [-0.3, -0.25) is 4.79 Å². The van der Waals surface area contributed by atoms with E-state index in [0.717, 1.165) is 37.2 Å². The SMILES string of the molecule is O=C(Nc1ncc(C2CCCCO2)s1)[C@H]1C[C@H]2C[C@@H](C1)[C@H](O)[C@H](O)C2. The van der Waals surface area contributed by atoms with E-state index in [4.69, 9.17) is 4.74 Å². The molecule has 2 bridgehead atoms. The molecular formula is C18H26N2O4S. The van der Waals surface area contributed by atoms with E-state index in [0.29, 0.717) is 23.9 Å². The molecule has 1 aliphatic heterocycles. The minimum Gasteiger partial charge on any atom is -0.390 e. The molecule has 1 unspecified atom stereocenters. The van der Waals surface area contributed by atoms with E-state index in [2.05, 4.69) is 10.3 Å². The van der Waals surface area contributed by atoms with E-state index in [-0.39, 0.29) is 23.8 Å². The number of nitrogens with zero attached hydrogens (tertiary/aromatic N) is 1. The molecule has 6 atom stereocenters. The lowest BCUT2D eigenvalue weighted by molar-refractivity contribution is -0.128. The first-order valence-corrected chi connectivity index (χ1v) is 10.2. The van der Waals surface area contributed by atoms with Crippen molar-refractivity contribution in [2.24, 2.45) is 17.8 Å². The molecule has 1 amide bonds. The fourth-order valence-corrected chi connectivity index (χ4v) is 5.53. The number of amides is 1. The number of ether oxygens (including phenoxy) is 1. The molecule has 2 saturated carbocycles. The van der Waals surface area contributed by atoms with Crippen LogP contribution in [0.15, 0.2) is 6.20 Å². The minimum absolute atomic E-state index is 0.0104. The Labute approximate surface area is 151 Å². The Hall–Kier alpha value is -1.02. The average molecular weight is 366 g/mol. The predicted molar refractivity (Wildman–Crippen MR) is 94.2 cm³/mol. The number of fused-ring (bicyclic) bond motifs is 2. The molecule has 3 N–H and O–H groups in total. The van der Waals surface area contributed by atoms with Crippen LogP contribution < -0.4 is 5.32 Å². The van der Waals surface area contributed by atoms with Crippen LogP contribution in [0.3, 0.4) is 0 Å². The second-order valence-electron chi connectivity index (χ2n) is 7.74. The van der Waals surface area contributed by atoms with E-state index in [1.807, 2.05) is 6.20 Å². The predicted octanol–water partition coefficient (Wildman–Crippen LogP) is 2.48. The largest absolute Gasteiger partial charge is 0.390 e. The molecular weight excluding hydrogens is 340 g/mol. The minimum atomic E-state index is -0.693. The summed E-state index contributed by atoms with van der Waals surface area (Å²) in [7, 11) is 0. The van der Waals surface area contributed by atoms with Crippen molar-refractivity contribution >= 4 is 22.4 Å². The molecule has 2 heterocycles. The van der Waals surface area contributed by atoms with Gasteiger partial charge in [0.15, 0.2) is 5.13 Å². The van der Waals surface area contributed by atoms with Crippen molar-refractivity contribution in [2.75, 3.05) is 11.9 Å². The molecule has 6 nitrogen and oxygen atoms in total. The fourth-order valence-electron chi connectivity index (χ4n) is 4.63. The summed E-state index contributed by atoms with van der Waals surface area (Å²) in [5, 5.41) is 23.6. The number of thiazole rings is 1. The van der Waals surface area contributed by atoms with Gasteiger partial charge in [-0.2, -0.15) is 0 Å². The van der Waals surface area contributed by atoms with Crippen LogP contribution in [0.25, 0.3) is 0 Å². The van der Waals surface area contributed by atoms with E-state index >= 15 is 0 Å². The van der Waals surface area contributed by atoms with Crippen molar-refractivity contribution in [1.29, 1.82) is 0 Å². The summed E-state index contributed by atoms with van der Waals surface area (Å²) in [6, 6.07) is 0. The van der Waals surface area contributed by atoms with E-state index in [1.165, 1.54) is 17.8 Å². The fraction of sp³-hybridized carbons (Fsp3) is 0.778. The molecule has 2 aliphatic carbocycles. The number of hydrogen-bond acceptors (Lipinski definition) is 6. The smallest absolute Gasteiger partial charge is 0.229 e. The first-order chi connectivity index (χ1) is 12.1. The lowest BCUT2D eigenvalue weighted by Crippen LogP contribution is -2.46. The van der Waals surface area contributed by atoms with Crippen LogP contribution in [0.4, 0.5) is 5.13 Å². The van der Waals surface area contributed by atoms with Gasteiger partial charge in [-0.25, -0.2) is 4.98 Å². The summed E-state index contributed by atoms with van der Waals surface area (Å²) in [6.07, 6.45) is 6.85. The maximum Gasteiger partial charge on any atom is 0.229 e. The third kappa shape index (κ3) is 3.74. The van der Waals surface area contributed by atoms with Gasteiger partial charge in [0, 0.05) is 18.7 Å². The van der Waals surface area contributed by atoms with Gasteiger partial charge in [0.25, 0.3) is 0 Å². The van der Waals surface area contributed by atoms with Crippen molar-refractivity contribution < 1.29 is 19.7 Å². The lowest BCUT2D eigenvalue weighted by Gasteiger charge is -2.43. The first-order valence-electron chi connectivity index (χ1n) is 9.34. The Morgan fingerprint density at radius 3 is 2.92 bits per heavy atom. The summed E-state index contributed by atoms with van der Waals surface area (Å²) in [6.45, 7) is 0.795. The number of rotatable bonds is 3. The summed E-state index contributed by atoms with van der Waals surface area (Å²) in [5.41, 5.74) is 0. The molecule has 3 aliphatic rings. The molecule has 0 aromatic carbocycles. The van der Waals surface area contributed by atoms with E-state index < -0.39 is 12.2 Å². The van der Waals surface area contributed by atoms with Crippen LogP contribution in [0.2, 0.25) is 0 Å². The van der Waals surface area contributed by atoms with E-state index in [1.54, 1.807) is 0 Å². The molecule has 7 heteroatoms. The zero-order valence-electron chi connectivity index (χ0n) is 14.3. The highest BCUT2D eigenvalue weighted by molar-refractivity contribution is 7.15. The van der Waals surface area contributed by atoms with Gasteiger partial charge in [0.05, 0.1) is 23.2 Å². The Morgan fingerprint density at radius 2 is 2.12 bits per heavy atom. The van der Waals surface area contributed by atoms with Gasteiger partial charge >= 0.3 is 0 Å². The molecule has 0 spiro atoms. The topological polar surface area (TPSA) is 91.7 Å². The highest BCUT2D eigenvalue weighted by atomic mass is 32.1. The zero-order valence-corrected chi connectivity index (χ0v) is 15.1. The van der Waals surface area contributed by atoms with Crippen LogP contribution >= 0.6 is 11.3 Å². The van der Waals surface area contributed by atoms with Gasteiger partial charge in [-0.05, 0) is 56.8 Å². The summed E-state index contributed by atoms with van der Waals surface area (Å²) in [4.78, 5) is 18.1. The molecule has 1 aromatic rings. The first kappa shape index (κ1) is 17.4. The number of nitrogens with one attached hydrogen (secondary N) is 1. The maximum atomic E-state index is 12.7. The van der Waals surface area contributed by atoms with Crippen LogP contribution in [0.1, 0.15) is 55.9 Å². The maximum absolute atomic E-state index is 12.7. The van der Waals surface area contributed by atoms with Crippen molar-refractivity contribution in [3.63, 3.8) is 0 Å². The molecule has 3 fully saturated rings. The van der Waals surface area contributed by atoms with E-state index in [9.17, 15) is 15.0 Å². The number of carbonyl (C=O) groups excluding carboxylic acids is 1. The summed E-state index contributed by atoms with van der Waals surface area (Å²) < 4.78 is 5.78. The average Bonchev–Trinajstić information content (AvgIpc) is 3.09. The number of anilines is 1. The Bertz CT molecular complexity index is 614. The third-order valence-corrected chi connectivity index (χ3v) is 6.92. The van der Waals surface area contributed by atoms with Crippen LogP contribution in [-0.2, 0) is 9.53 Å². The standard InChI is InChI=1S/C18H26N2O4S/c21-13-7-10-5-11(16(13)22)8-12(6-10)17(23)20-18-19-9-15(25-18)14-3-1-2-4-24-14/h9-14,16,21-22H,1-8H2,(H,19,20,23)/t10-,11+,12+,13-,14?,16+/m1/s1. The van der Waals surface area contributed by atoms with Gasteiger partial charge in [0.2, 0.25) is 5.91 Å². The molecule has 1 aromatic heterocycles. The van der Waals surface area contributed by atoms with Gasteiger partial charge in [0.1, 0.15) is 0 Å². The Morgan fingerprint density at radius 1 is 1.24 bits per heavy atom. The van der Waals surface area contributed by atoms with Gasteiger partial charge in [-0.15, -0.1) is 0 Å². The normalized spacial score (nSPS) is 38.3. The molecule has 4 rings (SSSR count). The molecule has 1 saturated heterocycles. The van der Waals surface area contributed by atoms with Crippen LogP contribution in [0.5, 0.6) is 0 Å². The molecule has 0 radical (unpaired) electrons. The monoisotopic (exact) mass is 366 g/mol. The van der Waals surface area contributed by atoms with Crippen molar-refractivity contribution in [1.82, 2.24) is 4.98 Å².